The van der Waals surface area contributed by atoms with Crippen molar-refractivity contribution >= 4 is 29.2 Å². The van der Waals surface area contributed by atoms with Crippen LogP contribution in [-0.4, -0.2) is 11.3 Å². The van der Waals surface area contributed by atoms with Crippen molar-refractivity contribution < 1.29 is 4.79 Å². The van der Waals surface area contributed by atoms with Gasteiger partial charge < -0.3 is 5.32 Å². The van der Waals surface area contributed by atoms with Crippen LogP contribution in [0.25, 0.3) is 0 Å². The molecule has 1 aromatic carbocycles. The number of aldehydes is 1. The smallest absolute Gasteiger partial charge is 0.150 e. The second-order valence-corrected chi connectivity index (χ2v) is 3.03. The third-order valence-corrected chi connectivity index (χ3v) is 1.47. The van der Waals surface area contributed by atoms with Gasteiger partial charge in [-0.1, -0.05) is 12.2 Å². The van der Waals surface area contributed by atoms with Crippen LogP contribution in [0.1, 0.15) is 17.3 Å². The largest absolute Gasteiger partial charge is 0.350 e. The van der Waals surface area contributed by atoms with E-state index in [9.17, 15) is 4.79 Å². The van der Waals surface area contributed by atoms with Gasteiger partial charge in [0.25, 0.3) is 0 Å². The molecule has 0 heterocycles. The molecule has 0 radical (unpaired) electrons. The van der Waals surface area contributed by atoms with E-state index in [1.54, 1.807) is 12.1 Å². The molecule has 12 heavy (non-hydrogen) atoms. The standard InChI is InChI=1S/C9H9NOS/c1-7(12)10-9-4-2-8(6-11)3-5-9/h2-6H,1H3,(H,10,12). The van der Waals surface area contributed by atoms with Gasteiger partial charge in [-0.25, -0.2) is 0 Å². The molecule has 0 aliphatic heterocycles. The summed E-state index contributed by atoms with van der Waals surface area (Å²) < 4.78 is 0. The zero-order valence-corrected chi connectivity index (χ0v) is 7.52. The van der Waals surface area contributed by atoms with Gasteiger partial charge in [0.05, 0.1) is 4.99 Å². The van der Waals surface area contributed by atoms with E-state index in [1.165, 1.54) is 0 Å². The van der Waals surface area contributed by atoms with Crippen LogP contribution in [0.2, 0.25) is 0 Å². The van der Waals surface area contributed by atoms with Crippen LogP contribution in [0.5, 0.6) is 0 Å². The molecule has 1 aromatic rings. The Kier molecular flexibility index (Phi) is 2.94. The molecule has 3 heteroatoms. The molecule has 62 valence electrons. The molecule has 1 rings (SSSR count). The van der Waals surface area contributed by atoms with Crippen LogP contribution in [-0.2, 0) is 0 Å². The average molecular weight is 179 g/mol. The zero-order valence-electron chi connectivity index (χ0n) is 6.70. The van der Waals surface area contributed by atoms with E-state index in [-0.39, 0.29) is 0 Å². The minimum absolute atomic E-state index is 0.669. The van der Waals surface area contributed by atoms with Gasteiger partial charge in [0.2, 0.25) is 0 Å². The van der Waals surface area contributed by atoms with E-state index in [4.69, 9.17) is 12.2 Å². The number of thiocarbonyl (C=S) groups is 1. The first-order valence-electron chi connectivity index (χ1n) is 3.55. The van der Waals surface area contributed by atoms with Crippen molar-refractivity contribution in [1.82, 2.24) is 0 Å². The van der Waals surface area contributed by atoms with Crippen molar-refractivity contribution in [2.45, 2.75) is 6.92 Å². The fraction of sp³-hybridized carbons (Fsp3) is 0.111. The molecular formula is C9H9NOS. The third-order valence-electron chi connectivity index (χ3n) is 1.37. The van der Waals surface area contributed by atoms with Crippen LogP contribution in [0, 0.1) is 0 Å². The van der Waals surface area contributed by atoms with E-state index in [0.29, 0.717) is 10.6 Å². The highest BCUT2D eigenvalue weighted by Gasteiger charge is 1.92. The molecular weight excluding hydrogens is 170 g/mol. The predicted octanol–water partition coefficient (Wildman–Crippen LogP) is 2.26. The summed E-state index contributed by atoms with van der Waals surface area (Å²) in [6.07, 6.45) is 0.814. The Morgan fingerprint density at radius 2 is 2.00 bits per heavy atom. The molecule has 0 atom stereocenters. The Labute approximate surface area is 76.6 Å². The normalized spacial score (nSPS) is 9.08. The summed E-state index contributed by atoms with van der Waals surface area (Å²) in [5, 5.41) is 2.97. The predicted molar refractivity (Wildman–Crippen MR) is 53.7 cm³/mol. The fourth-order valence-electron chi connectivity index (χ4n) is 0.848. The Bertz CT molecular complexity index is 292. The van der Waals surface area contributed by atoms with Gasteiger partial charge in [0.15, 0.2) is 0 Å². The number of hydrogen-bond donors (Lipinski definition) is 1. The molecule has 0 unspecified atom stereocenters. The molecule has 1 N–H and O–H groups in total. The number of carbonyl (C=O) groups is 1. The number of benzene rings is 1. The molecule has 0 saturated carbocycles. The van der Waals surface area contributed by atoms with Crippen molar-refractivity contribution in [2.24, 2.45) is 0 Å². The summed E-state index contributed by atoms with van der Waals surface area (Å²) in [5.74, 6) is 0. The Morgan fingerprint density at radius 3 is 2.42 bits per heavy atom. The van der Waals surface area contributed by atoms with E-state index >= 15 is 0 Å². The Balaban J connectivity index is 2.77. The second-order valence-electron chi connectivity index (χ2n) is 2.42. The SMILES string of the molecule is CC(=S)Nc1ccc(C=O)cc1. The molecule has 0 saturated heterocycles. The lowest BCUT2D eigenvalue weighted by molar-refractivity contribution is 0.112. The van der Waals surface area contributed by atoms with Gasteiger partial charge in [0.1, 0.15) is 6.29 Å². The van der Waals surface area contributed by atoms with Crippen molar-refractivity contribution in [3.63, 3.8) is 0 Å². The van der Waals surface area contributed by atoms with Crippen molar-refractivity contribution in [3.05, 3.63) is 29.8 Å². The molecule has 0 aromatic heterocycles. The van der Waals surface area contributed by atoms with Gasteiger partial charge in [-0.05, 0) is 31.2 Å². The number of hydrogen-bond acceptors (Lipinski definition) is 2. The van der Waals surface area contributed by atoms with E-state index in [0.717, 1.165) is 12.0 Å². The lowest BCUT2D eigenvalue weighted by Crippen LogP contribution is -2.02. The lowest BCUT2D eigenvalue weighted by atomic mass is 10.2. The quantitative estimate of drug-likeness (QED) is 0.557. The second kappa shape index (κ2) is 3.97. The summed E-state index contributed by atoms with van der Waals surface area (Å²) in [5.41, 5.74) is 1.58. The van der Waals surface area contributed by atoms with Crippen molar-refractivity contribution in [2.75, 3.05) is 5.32 Å². The van der Waals surface area contributed by atoms with Gasteiger partial charge in [0, 0.05) is 11.3 Å². The highest BCUT2D eigenvalue weighted by molar-refractivity contribution is 7.80. The molecule has 2 nitrogen and oxygen atoms in total. The Morgan fingerprint density at radius 1 is 1.42 bits per heavy atom. The van der Waals surface area contributed by atoms with Crippen LogP contribution >= 0.6 is 12.2 Å². The number of nitrogens with one attached hydrogen (secondary N) is 1. The number of carbonyl (C=O) groups excluding carboxylic acids is 1. The van der Waals surface area contributed by atoms with E-state index in [1.807, 2.05) is 19.1 Å². The maximum atomic E-state index is 10.3. The van der Waals surface area contributed by atoms with Crippen molar-refractivity contribution in [1.29, 1.82) is 0 Å². The highest BCUT2D eigenvalue weighted by atomic mass is 32.1. The van der Waals surface area contributed by atoms with E-state index in [2.05, 4.69) is 5.32 Å². The topological polar surface area (TPSA) is 29.1 Å². The minimum atomic E-state index is 0.669. The first kappa shape index (κ1) is 8.87. The van der Waals surface area contributed by atoms with Crippen LogP contribution < -0.4 is 5.32 Å². The van der Waals surface area contributed by atoms with Crippen LogP contribution in [0.3, 0.4) is 0 Å². The fourth-order valence-corrected chi connectivity index (χ4v) is 0.966. The van der Waals surface area contributed by atoms with Gasteiger partial charge in [-0.3, -0.25) is 4.79 Å². The third kappa shape index (κ3) is 2.43. The van der Waals surface area contributed by atoms with Crippen LogP contribution in [0.4, 0.5) is 5.69 Å². The monoisotopic (exact) mass is 179 g/mol. The molecule has 0 bridgehead atoms. The summed E-state index contributed by atoms with van der Waals surface area (Å²) in [4.78, 5) is 11.0. The molecule has 0 fully saturated rings. The highest BCUT2D eigenvalue weighted by Crippen LogP contribution is 2.07. The first-order chi connectivity index (χ1) is 5.72. The Hall–Kier alpha value is -1.22. The minimum Gasteiger partial charge on any atom is -0.350 e. The van der Waals surface area contributed by atoms with Crippen LogP contribution in [0.15, 0.2) is 24.3 Å². The van der Waals surface area contributed by atoms with Gasteiger partial charge >= 0.3 is 0 Å². The summed E-state index contributed by atoms with van der Waals surface area (Å²) >= 11 is 4.86. The zero-order chi connectivity index (χ0) is 8.97. The first-order valence-corrected chi connectivity index (χ1v) is 3.96. The summed E-state index contributed by atoms with van der Waals surface area (Å²) in [7, 11) is 0. The molecule has 0 aliphatic rings. The molecule has 0 aliphatic carbocycles. The lowest BCUT2D eigenvalue weighted by Gasteiger charge is -2.02. The molecule has 0 amide bonds. The number of anilines is 1. The average Bonchev–Trinajstić information content (AvgIpc) is 2.05. The van der Waals surface area contributed by atoms with Gasteiger partial charge in [-0.15, -0.1) is 0 Å². The molecule has 0 spiro atoms. The maximum absolute atomic E-state index is 10.3. The van der Waals surface area contributed by atoms with Crippen molar-refractivity contribution in [3.8, 4) is 0 Å². The maximum Gasteiger partial charge on any atom is 0.150 e. The van der Waals surface area contributed by atoms with E-state index < -0.39 is 0 Å². The number of rotatable bonds is 2. The summed E-state index contributed by atoms with van der Waals surface area (Å²) in [6, 6.07) is 7.13. The summed E-state index contributed by atoms with van der Waals surface area (Å²) in [6.45, 7) is 1.81. The van der Waals surface area contributed by atoms with Gasteiger partial charge in [-0.2, -0.15) is 0 Å².